The van der Waals surface area contributed by atoms with E-state index in [1.807, 2.05) is 0 Å². The second-order valence-electron chi connectivity index (χ2n) is 2.69. The van der Waals surface area contributed by atoms with Crippen molar-refractivity contribution in [1.29, 1.82) is 0 Å². The first-order valence-electron chi connectivity index (χ1n) is 4.11. The smallest absolute Gasteiger partial charge is 0.149 e. The van der Waals surface area contributed by atoms with Crippen LogP contribution in [0.25, 0.3) is 0 Å². The van der Waals surface area contributed by atoms with E-state index in [0.29, 0.717) is 18.6 Å². The van der Waals surface area contributed by atoms with Crippen LogP contribution in [-0.4, -0.2) is 17.6 Å². The molecule has 0 fully saturated rings. The van der Waals surface area contributed by atoms with Gasteiger partial charge in [0.1, 0.15) is 5.78 Å². The molecule has 0 saturated heterocycles. The minimum atomic E-state index is -0.279. The minimum absolute atomic E-state index is 0.181. The molecule has 0 spiro atoms. The van der Waals surface area contributed by atoms with Crippen LogP contribution >= 0.6 is 12.6 Å². The van der Waals surface area contributed by atoms with Crippen molar-refractivity contribution in [2.45, 2.75) is 38.6 Å². The van der Waals surface area contributed by atoms with Gasteiger partial charge in [0.25, 0.3) is 0 Å². The molecule has 0 unspecified atom stereocenters. The summed E-state index contributed by atoms with van der Waals surface area (Å²) in [6.45, 7) is 2.07. The number of hydrogen-bond donors (Lipinski definition) is 2. The molecule has 0 aromatic heterocycles. The topological polar surface area (TPSA) is 43.1 Å². The summed E-state index contributed by atoms with van der Waals surface area (Å²) in [5, 5.41) is 0. The predicted octanol–water partition coefficient (Wildman–Crippen LogP) is 1.39. The molecule has 0 aliphatic carbocycles. The Morgan fingerprint density at radius 1 is 1.64 bits per heavy atom. The fourth-order valence-electron chi connectivity index (χ4n) is 0.836. The first-order chi connectivity index (χ1) is 5.22. The van der Waals surface area contributed by atoms with Crippen LogP contribution in [0.3, 0.4) is 0 Å². The van der Waals surface area contributed by atoms with E-state index in [4.69, 9.17) is 5.73 Å². The summed E-state index contributed by atoms with van der Waals surface area (Å²) < 4.78 is 0. The monoisotopic (exact) mass is 175 g/mol. The highest BCUT2D eigenvalue weighted by molar-refractivity contribution is 7.80. The molecule has 2 N–H and O–H groups in total. The number of carbonyl (C=O) groups excluding carboxylic acids is 1. The summed E-state index contributed by atoms with van der Waals surface area (Å²) in [6, 6.07) is -0.279. The number of ketones is 1. The maximum atomic E-state index is 11.1. The molecular weight excluding hydrogens is 158 g/mol. The van der Waals surface area contributed by atoms with Gasteiger partial charge < -0.3 is 5.73 Å². The number of unbranched alkanes of at least 4 members (excludes halogenated alkanes) is 1. The molecule has 0 saturated carbocycles. The van der Waals surface area contributed by atoms with Crippen LogP contribution in [0.5, 0.6) is 0 Å². The van der Waals surface area contributed by atoms with Crippen LogP contribution in [0.1, 0.15) is 32.6 Å². The molecule has 0 amide bonds. The van der Waals surface area contributed by atoms with Crippen LogP contribution in [0.4, 0.5) is 0 Å². The fraction of sp³-hybridized carbons (Fsp3) is 0.875. The molecule has 2 nitrogen and oxygen atoms in total. The molecule has 0 rings (SSSR count). The summed E-state index contributed by atoms with van der Waals surface area (Å²) in [5.41, 5.74) is 5.57. The van der Waals surface area contributed by atoms with E-state index < -0.39 is 0 Å². The summed E-state index contributed by atoms with van der Waals surface area (Å²) in [5.74, 6) is 0.875. The van der Waals surface area contributed by atoms with E-state index >= 15 is 0 Å². The highest BCUT2D eigenvalue weighted by Crippen LogP contribution is 2.01. The van der Waals surface area contributed by atoms with Gasteiger partial charge in [-0.05, 0) is 18.6 Å². The van der Waals surface area contributed by atoms with Crippen LogP contribution in [0, 0.1) is 0 Å². The first-order valence-corrected chi connectivity index (χ1v) is 4.74. The zero-order valence-electron chi connectivity index (χ0n) is 7.05. The Balaban J connectivity index is 3.47. The Bertz CT molecular complexity index is 117. The number of nitrogens with two attached hydrogens (primary N) is 1. The van der Waals surface area contributed by atoms with Crippen molar-refractivity contribution in [3.63, 3.8) is 0 Å². The lowest BCUT2D eigenvalue weighted by Crippen LogP contribution is -2.30. The van der Waals surface area contributed by atoms with Crippen molar-refractivity contribution < 1.29 is 4.79 Å². The number of thiol groups is 1. The average Bonchev–Trinajstić information content (AvgIpc) is 2.00. The SMILES string of the molecule is CCCCC(=O)[C@@H](N)CCS. The van der Waals surface area contributed by atoms with Crippen LogP contribution in [0.2, 0.25) is 0 Å². The summed E-state index contributed by atoms with van der Waals surface area (Å²) in [6.07, 6.45) is 3.34. The molecule has 0 aromatic carbocycles. The van der Waals surface area contributed by atoms with E-state index in [9.17, 15) is 4.79 Å². The van der Waals surface area contributed by atoms with E-state index in [-0.39, 0.29) is 11.8 Å². The number of carbonyl (C=O) groups is 1. The van der Waals surface area contributed by atoms with Crippen molar-refractivity contribution in [1.82, 2.24) is 0 Å². The van der Waals surface area contributed by atoms with Crippen molar-refractivity contribution in [3.8, 4) is 0 Å². The van der Waals surface area contributed by atoms with Gasteiger partial charge in [-0.25, -0.2) is 0 Å². The molecule has 0 bridgehead atoms. The Labute approximate surface area is 74.0 Å². The lowest BCUT2D eigenvalue weighted by molar-refractivity contribution is -0.120. The predicted molar refractivity (Wildman–Crippen MR) is 51.0 cm³/mol. The van der Waals surface area contributed by atoms with E-state index in [1.165, 1.54) is 0 Å². The maximum absolute atomic E-state index is 11.1. The zero-order valence-corrected chi connectivity index (χ0v) is 7.94. The maximum Gasteiger partial charge on any atom is 0.149 e. The standard InChI is InChI=1S/C8H17NOS/c1-2-3-4-8(10)7(9)5-6-11/h7,11H,2-6,9H2,1H3/t7-/m0/s1. The normalized spacial score (nSPS) is 13.0. The van der Waals surface area contributed by atoms with E-state index in [2.05, 4.69) is 19.6 Å². The van der Waals surface area contributed by atoms with Crippen molar-refractivity contribution in [3.05, 3.63) is 0 Å². The second-order valence-corrected chi connectivity index (χ2v) is 3.14. The third kappa shape index (κ3) is 5.27. The summed E-state index contributed by atoms with van der Waals surface area (Å²) >= 11 is 4.01. The van der Waals surface area contributed by atoms with Gasteiger partial charge in [0.15, 0.2) is 0 Å². The molecule has 0 heterocycles. The second kappa shape index (κ2) is 6.68. The van der Waals surface area contributed by atoms with Crippen molar-refractivity contribution in [2.24, 2.45) is 5.73 Å². The molecular formula is C8H17NOS. The quantitative estimate of drug-likeness (QED) is 0.599. The van der Waals surface area contributed by atoms with Gasteiger partial charge in [-0.2, -0.15) is 12.6 Å². The highest BCUT2D eigenvalue weighted by atomic mass is 32.1. The van der Waals surface area contributed by atoms with Crippen molar-refractivity contribution >= 4 is 18.4 Å². The van der Waals surface area contributed by atoms with Crippen LogP contribution in [0.15, 0.2) is 0 Å². The van der Waals surface area contributed by atoms with Gasteiger partial charge >= 0.3 is 0 Å². The summed E-state index contributed by atoms with van der Waals surface area (Å²) in [4.78, 5) is 11.1. The molecule has 11 heavy (non-hydrogen) atoms. The van der Waals surface area contributed by atoms with Crippen LogP contribution < -0.4 is 5.73 Å². The van der Waals surface area contributed by atoms with E-state index in [1.54, 1.807) is 0 Å². The lowest BCUT2D eigenvalue weighted by atomic mass is 10.1. The minimum Gasteiger partial charge on any atom is -0.321 e. The largest absolute Gasteiger partial charge is 0.321 e. The highest BCUT2D eigenvalue weighted by Gasteiger charge is 2.10. The van der Waals surface area contributed by atoms with Gasteiger partial charge in [-0.3, -0.25) is 4.79 Å². The van der Waals surface area contributed by atoms with Crippen molar-refractivity contribution in [2.75, 3.05) is 5.75 Å². The molecule has 3 heteroatoms. The molecule has 0 aliphatic rings. The van der Waals surface area contributed by atoms with Gasteiger partial charge in [0, 0.05) is 6.42 Å². The van der Waals surface area contributed by atoms with Gasteiger partial charge in [0.05, 0.1) is 6.04 Å². The van der Waals surface area contributed by atoms with Gasteiger partial charge in [0.2, 0.25) is 0 Å². The molecule has 66 valence electrons. The summed E-state index contributed by atoms with van der Waals surface area (Å²) in [7, 11) is 0. The first kappa shape index (κ1) is 11.0. The third-order valence-corrected chi connectivity index (χ3v) is 1.89. The fourth-order valence-corrected chi connectivity index (χ4v) is 1.11. The number of Topliss-reactive ketones (excluding diaryl/α,β-unsaturated/α-hetero) is 1. The molecule has 0 aliphatic heterocycles. The Hall–Kier alpha value is -0.0200. The Morgan fingerprint density at radius 2 is 2.27 bits per heavy atom. The number of rotatable bonds is 6. The Morgan fingerprint density at radius 3 is 2.73 bits per heavy atom. The van der Waals surface area contributed by atoms with Gasteiger partial charge in [-0.15, -0.1) is 0 Å². The molecule has 0 aromatic rings. The van der Waals surface area contributed by atoms with Crippen LogP contribution in [-0.2, 0) is 4.79 Å². The zero-order chi connectivity index (χ0) is 8.69. The average molecular weight is 175 g/mol. The van der Waals surface area contributed by atoms with E-state index in [0.717, 1.165) is 12.8 Å². The Kier molecular flexibility index (Phi) is 6.66. The van der Waals surface area contributed by atoms with Gasteiger partial charge in [-0.1, -0.05) is 13.3 Å². The number of hydrogen-bond acceptors (Lipinski definition) is 3. The molecule has 0 radical (unpaired) electrons. The third-order valence-electron chi connectivity index (χ3n) is 1.63. The lowest BCUT2D eigenvalue weighted by Gasteiger charge is -2.07. The molecule has 1 atom stereocenters.